The second-order valence-electron chi connectivity index (χ2n) is 5.39. The van der Waals surface area contributed by atoms with E-state index in [4.69, 9.17) is 10.2 Å². The molecule has 0 radical (unpaired) electrons. The van der Waals surface area contributed by atoms with Crippen molar-refractivity contribution < 1.29 is 9.21 Å². The Bertz CT molecular complexity index is 633. The smallest absolute Gasteiger partial charge is 0.263 e. The number of aryl methyl sites for hydroxylation is 2. The molecule has 0 bridgehead atoms. The highest BCUT2D eigenvalue weighted by molar-refractivity contribution is 7.17. The quantitative estimate of drug-likeness (QED) is 0.820. The molecule has 0 spiro atoms. The van der Waals surface area contributed by atoms with Gasteiger partial charge in [0.15, 0.2) is 10.8 Å². The molecule has 2 aromatic rings. The fourth-order valence-corrected chi connectivity index (χ4v) is 3.14. The van der Waals surface area contributed by atoms with Gasteiger partial charge < -0.3 is 15.5 Å². The van der Waals surface area contributed by atoms with Gasteiger partial charge in [-0.3, -0.25) is 4.79 Å². The molecule has 0 saturated carbocycles. The molecule has 0 aliphatic rings. The largest absolute Gasteiger partial charge is 0.459 e. The van der Waals surface area contributed by atoms with Crippen LogP contribution in [0.25, 0.3) is 10.8 Å². The highest BCUT2D eigenvalue weighted by atomic mass is 32.1. The van der Waals surface area contributed by atoms with Crippen LogP contribution in [0.1, 0.15) is 47.3 Å². The number of nitrogens with one attached hydrogen (secondary N) is 1. The monoisotopic (exact) mass is 321 g/mol. The van der Waals surface area contributed by atoms with Crippen LogP contribution >= 0.6 is 11.3 Å². The number of unbranched alkanes of at least 4 members (excludes halogenated alkanes) is 1. The molecule has 0 fully saturated rings. The molecular formula is C16H23N3O2S. The summed E-state index contributed by atoms with van der Waals surface area (Å²) in [5.74, 6) is 1.43. The fraction of sp³-hybridized carbons (Fsp3) is 0.500. The van der Waals surface area contributed by atoms with Gasteiger partial charge in [-0.25, -0.2) is 4.98 Å². The van der Waals surface area contributed by atoms with E-state index in [1.807, 2.05) is 26.0 Å². The standard InChI is InChI=1S/C16H23N3O2S/c1-4-5-6-12(9-17)19-15(20)14-11(3)18-16(22-14)13-8-7-10(2)21-13/h7-8,12H,4-6,9,17H2,1-3H3,(H,19,20). The van der Waals surface area contributed by atoms with Crippen molar-refractivity contribution in [3.8, 4) is 10.8 Å². The Labute approximate surface area is 134 Å². The molecule has 0 aliphatic heterocycles. The molecule has 1 unspecified atom stereocenters. The maximum atomic E-state index is 12.4. The van der Waals surface area contributed by atoms with Crippen molar-refractivity contribution in [3.05, 3.63) is 28.5 Å². The zero-order chi connectivity index (χ0) is 16.1. The van der Waals surface area contributed by atoms with Crippen LogP contribution in [0.4, 0.5) is 0 Å². The van der Waals surface area contributed by atoms with Crippen LogP contribution in [0, 0.1) is 13.8 Å². The van der Waals surface area contributed by atoms with E-state index in [1.54, 1.807) is 0 Å². The van der Waals surface area contributed by atoms with Crippen molar-refractivity contribution in [2.24, 2.45) is 5.73 Å². The molecule has 3 N–H and O–H groups in total. The van der Waals surface area contributed by atoms with Gasteiger partial charge in [-0.2, -0.15) is 0 Å². The number of carbonyl (C=O) groups is 1. The molecule has 1 amide bonds. The summed E-state index contributed by atoms with van der Waals surface area (Å²) in [7, 11) is 0. The second kappa shape index (κ2) is 7.56. The van der Waals surface area contributed by atoms with Gasteiger partial charge in [0.25, 0.3) is 5.91 Å². The molecule has 0 aromatic carbocycles. The number of aromatic nitrogens is 1. The summed E-state index contributed by atoms with van der Waals surface area (Å²) in [6.07, 6.45) is 3.05. The van der Waals surface area contributed by atoms with Crippen LogP contribution in [0.5, 0.6) is 0 Å². The zero-order valence-corrected chi connectivity index (χ0v) is 14.1. The third-order valence-corrected chi connectivity index (χ3v) is 4.65. The Morgan fingerprint density at radius 1 is 1.45 bits per heavy atom. The molecule has 22 heavy (non-hydrogen) atoms. The number of nitrogens with zero attached hydrogens (tertiary/aromatic N) is 1. The highest BCUT2D eigenvalue weighted by Crippen LogP contribution is 2.29. The fourth-order valence-electron chi connectivity index (χ4n) is 2.21. The van der Waals surface area contributed by atoms with E-state index in [9.17, 15) is 4.79 Å². The summed E-state index contributed by atoms with van der Waals surface area (Å²) in [6, 6.07) is 3.78. The van der Waals surface area contributed by atoms with Gasteiger partial charge in [0.1, 0.15) is 10.6 Å². The van der Waals surface area contributed by atoms with E-state index in [-0.39, 0.29) is 11.9 Å². The van der Waals surface area contributed by atoms with E-state index >= 15 is 0 Å². The number of thiazole rings is 1. The zero-order valence-electron chi connectivity index (χ0n) is 13.3. The van der Waals surface area contributed by atoms with Crippen LogP contribution in [-0.2, 0) is 0 Å². The lowest BCUT2D eigenvalue weighted by molar-refractivity contribution is 0.0939. The second-order valence-corrected chi connectivity index (χ2v) is 6.39. The van der Waals surface area contributed by atoms with E-state index < -0.39 is 0 Å². The van der Waals surface area contributed by atoms with Gasteiger partial charge in [-0.15, -0.1) is 11.3 Å². The van der Waals surface area contributed by atoms with E-state index in [2.05, 4.69) is 17.2 Å². The number of furan rings is 1. The third-order valence-electron chi connectivity index (χ3n) is 3.48. The first kappa shape index (κ1) is 16.7. The molecule has 0 aliphatic carbocycles. The average molecular weight is 321 g/mol. The predicted octanol–water partition coefficient (Wildman–Crippen LogP) is 3.27. The lowest BCUT2D eigenvalue weighted by Crippen LogP contribution is -2.40. The molecular weight excluding hydrogens is 298 g/mol. The SMILES string of the molecule is CCCCC(CN)NC(=O)c1sc(-c2ccc(C)o2)nc1C. The minimum atomic E-state index is -0.101. The van der Waals surface area contributed by atoms with Gasteiger partial charge in [-0.05, 0) is 32.4 Å². The van der Waals surface area contributed by atoms with Crippen LogP contribution in [0.15, 0.2) is 16.5 Å². The summed E-state index contributed by atoms with van der Waals surface area (Å²) in [4.78, 5) is 17.5. The number of hydrogen-bond acceptors (Lipinski definition) is 5. The molecule has 2 aromatic heterocycles. The van der Waals surface area contributed by atoms with E-state index in [0.29, 0.717) is 17.2 Å². The van der Waals surface area contributed by atoms with Crippen LogP contribution < -0.4 is 11.1 Å². The van der Waals surface area contributed by atoms with Crippen molar-refractivity contribution in [2.75, 3.05) is 6.54 Å². The van der Waals surface area contributed by atoms with Crippen LogP contribution in [0.3, 0.4) is 0 Å². The normalized spacial score (nSPS) is 12.4. The van der Waals surface area contributed by atoms with E-state index in [1.165, 1.54) is 11.3 Å². The van der Waals surface area contributed by atoms with Crippen molar-refractivity contribution in [3.63, 3.8) is 0 Å². The third kappa shape index (κ3) is 3.96. The topological polar surface area (TPSA) is 81.1 Å². The van der Waals surface area contributed by atoms with Crippen LogP contribution in [-0.4, -0.2) is 23.5 Å². The van der Waals surface area contributed by atoms with Crippen LogP contribution in [0.2, 0.25) is 0 Å². The Morgan fingerprint density at radius 2 is 2.23 bits per heavy atom. The Kier molecular flexibility index (Phi) is 5.74. The molecule has 2 rings (SSSR count). The number of rotatable bonds is 7. The molecule has 2 heterocycles. The number of amides is 1. The number of nitrogens with two attached hydrogens (primary N) is 1. The van der Waals surface area contributed by atoms with Crippen molar-refractivity contribution in [1.82, 2.24) is 10.3 Å². The highest BCUT2D eigenvalue weighted by Gasteiger charge is 2.19. The van der Waals surface area contributed by atoms with E-state index in [0.717, 1.165) is 35.7 Å². The molecule has 1 atom stereocenters. The number of carbonyl (C=O) groups excluding carboxylic acids is 1. The molecule has 6 heteroatoms. The summed E-state index contributed by atoms with van der Waals surface area (Å²) in [5, 5.41) is 3.73. The van der Waals surface area contributed by atoms with Crippen molar-refractivity contribution in [2.45, 2.75) is 46.1 Å². The minimum Gasteiger partial charge on any atom is -0.459 e. The first-order valence-electron chi connectivity index (χ1n) is 7.60. The maximum absolute atomic E-state index is 12.4. The average Bonchev–Trinajstić information content (AvgIpc) is 3.09. The Morgan fingerprint density at radius 3 is 2.82 bits per heavy atom. The van der Waals surface area contributed by atoms with Gasteiger partial charge in [0.05, 0.1) is 5.69 Å². The molecule has 120 valence electrons. The van der Waals surface area contributed by atoms with Gasteiger partial charge >= 0.3 is 0 Å². The lowest BCUT2D eigenvalue weighted by atomic mass is 10.1. The lowest BCUT2D eigenvalue weighted by Gasteiger charge is -2.15. The summed E-state index contributed by atoms with van der Waals surface area (Å²) >= 11 is 1.35. The maximum Gasteiger partial charge on any atom is 0.263 e. The van der Waals surface area contributed by atoms with Gasteiger partial charge in [-0.1, -0.05) is 19.8 Å². The Balaban J connectivity index is 2.11. The van der Waals surface area contributed by atoms with Crippen molar-refractivity contribution >= 4 is 17.2 Å². The first-order chi connectivity index (χ1) is 10.5. The molecule has 0 saturated heterocycles. The Hall–Kier alpha value is -1.66. The van der Waals surface area contributed by atoms with Crippen molar-refractivity contribution in [1.29, 1.82) is 0 Å². The minimum absolute atomic E-state index is 0.0169. The first-order valence-corrected chi connectivity index (χ1v) is 8.42. The van der Waals surface area contributed by atoms with Gasteiger partial charge in [0, 0.05) is 12.6 Å². The predicted molar refractivity (Wildman–Crippen MR) is 89.1 cm³/mol. The summed E-state index contributed by atoms with van der Waals surface area (Å²) < 4.78 is 5.57. The summed E-state index contributed by atoms with van der Waals surface area (Å²) in [5.41, 5.74) is 6.46. The summed E-state index contributed by atoms with van der Waals surface area (Å²) in [6.45, 7) is 6.31. The van der Waals surface area contributed by atoms with Gasteiger partial charge in [0.2, 0.25) is 0 Å². The molecule has 5 nitrogen and oxygen atoms in total. The number of hydrogen-bond donors (Lipinski definition) is 2.